The first-order chi connectivity index (χ1) is 11.7. The minimum atomic E-state index is -0.235. The van der Waals surface area contributed by atoms with E-state index in [1.807, 2.05) is 29.6 Å². The average molecular weight is 351 g/mol. The highest BCUT2D eigenvalue weighted by Gasteiger charge is 2.49. The summed E-state index contributed by atoms with van der Waals surface area (Å²) < 4.78 is -0.235. The van der Waals surface area contributed by atoms with Gasteiger partial charge < -0.3 is 4.90 Å². The molecule has 24 heavy (non-hydrogen) atoms. The van der Waals surface area contributed by atoms with Crippen molar-refractivity contribution in [1.29, 1.82) is 0 Å². The minimum Gasteiger partial charge on any atom is -0.316 e. The Morgan fingerprint density at radius 2 is 2.12 bits per heavy atom. The SMILES string of the molecule is CC1CSC2(C=C3c4ccccc4C=CN3C3=C2C(=O)CC=C3)S1. The molecule has 0 saturated carbocycles. The number of fused-ring (bicyclic) bond motifs is 5. The molecule has 1 aromatic carbocycles. The van der Waals surface area contributed by atoms with Gasteiger partial charge in [0.25, 0.3) is 0 Å². The molecule has 0 N–H and O–H groups in total. The molecule has 4 aliphatic rings. The van der Waals surface area contributed by atoms with E-state index in [-0.39, 0.29) is 9.86 Å². The molecule has 1 spiro atoms. The lowest BCUT2D eigenvalue weighted by Crippen LogP contribution is -2.36. The van der Waals surface area contributed by atoms with E-state index < -0.39 is 0 Å². The van der Waals surface area contributed by atoms with Crippen molar-refractivity contribution in [3.8, 4) is 0 Å². The number of benzene rings is 1. The molecule has 0 amide bonds. The number of ketones is 1. The van der Waals surface area contributed by atoms with Crippen LogP contribution in [0.15, 0.2) is 60.0 Å². The van der Waals surface area contributed by atoms with E-state index in [1.165, 1.54) is 16.8 Å². The van der Waals surface area contributed by atoms with E-state index in [1.54, 1.807) is 0 Å². The van der Waals surface area contributed by atoms with Crippen molar-refractivity contribution < 1.29 is 4.79 Å². The summed E-state index contributed by atoms with van der Waals surface area (Å²) in [6.45, 7) is 2.26. The van der Waals surface area contributed by atoms with Gasteiger partial charge in [-0.15, -0.1) is 23.5 Å². The maximum atomic E-state index is 12.8. The van der Waals surface area contributed by atoms with Gasteiger partial charge in [-0.3, -0.25) is 4.79 Å². The first kappa shape index (κ1) is 14.7. The summed E-state index contributed by atoms with van der Waals surface area (Å²) in [5, 5.41) is 0.556. The van der Waals surface area contributed by atoms with Crippen LogP contribution in [0.4, 0.5) is 0 Å². The average Bonchev–Trinajstić information content (AvgIpc) is 2.96. The van der Waals surface area contributed by atoms with Crippen LogP contribution >= 0.6 is 23.5 Å². The normalized spacial score (nSPS) is 30.4. The van der Waals surface area contributed by atoms with Gasteiger partial charge in [0.15, 0.2) is 5.78 Å². The Morgan fingerprint density at radius 1 is 1.25 bits per heavy atom. The Hall–Kier alpha value is -1.65. The number of hydrogen-bond donors (Lipinski definition) is 0. The molecule has 2 unspecified atom stereocenters. The van der Waals surface area contributed by atoms with Gasteiger partial charge in [-0.1, -0.05) is 37.3 Å². The van der Waals surface area contributed by atoms with Gasteiger partial charge >= 0.3 is 0 Å². The lowest BCUT2D eigenvalue weighted by atomic mass is 9.89. The van der Waals surface area contributed by atoms with E-state index in [9.17, 15) is 4.79 Å². The molecular formula is C20H17NOS2. The number of carbonyl (C=O) groups is 1. The molecule has 0 radical (unpaired) electrons. The highest BCUT2D eigenvalue weighted by molar-refractivity contribution is 8.22. The molecule has 1 aliphatic carbocycles. The molecule has 2 nitrogen and oxygen atoms in total. The zero-order valence-corrected chi connectivity index (χ0v) is 15.0. The first-order valence-corrected chi connectivity index (χ1v) is 10.1. The zero-order valence-electron chi connectivity index (χ0n) is 13.4. The lowest BCUT2D eigenvalue weighted by Gasteiger charge is -2.41. The van der Waals surface area contributed by atoms with Crippen LogP contribution in [-0.4, -0.2) is 25.8 Å². The number of rotatable bonds is 0. The molecule has 5 rings (SSSR count). The Kier molecular flexibility index (Phi) is 3.16. The van der Waals surface area contributed by atoms with Gasteiger partial charge in [0, 0.05) is 34.8 Å². The van der Waals surface area contributed by atoms with Gasteiger partial charge in [0.05, 0.1) is 11.4 Å². The third-order valence-corrected chi connectivity index (χ3v) is 8.37. The molecule has 1 saturated heterocycles. The van der Waals surface area contributed by atoms with Gasteiger partial charge in [0.2, 0.25) is 0 Å². The predicted octanol–water partition coefficient (Wildman–Crippen LogP) is 4.68. The summed E-state index contributed by atoms with van der Waals surface area (Å²) in [6.07, 6.45) is 11.2. The molecule has 1 fully saturated rings. The number of hydrogen-bond acceptors (Lipinski definition) is 4. The van der Waals surface area contributed by atoms with Gasteiger partial charge in [-0.25, -0.2) is 0 Å². The predicted molar refractivity (Wildman–Crippen MR) is 103 cm³/mol. The van der Waals surface area contributed by atoms with E-state index in [0.717, 1.165) is 17.0 Å². The standard InChI is InChI=1S/C20H17NOS2/c1-13-12-23-20(24-13)11-17-15-6-3-2-5-14(15)9-10-21(17)16-7-4-8-18(22)19(16)20/h2-7,9-11,13H,8,12H2,1H3. The fourth-order valence-corrected chi connectivity index (χ4v) is 7.44. The summed E-state index contributed by atoms with van der Waals surface area (Å²) in [5.74, 6) is 1.35. The number of carbonyl (C=O) groups excluding carboxylic acids is 1. The molecule has 2 atom stereocenters. The van der Waals surface area contributed by atoms with E-state index in [4.69, 9.17) is 0 Å². The minimum absolute atomic E-state index is 0.235. The van der Waals surface area contributed by atoms with Crippen LogP contribution in [0.2, 0.25) is 0 Å². The van der Waals surface area contributed by atoms with Crippen LogP contribution in [0.5, 0.6) is 0 Å². The topological polar surface area (TPSA) is 20.3 Å². The molecule has 3 heterocycles. The number of Topliss-reactive ketones (excluding diaryl/α,β-unsaturated/α-hetero) is 1. The highest BCUT2D eigenvalue weighted by Crippen LogP contribution is 2.59. The van der Waals surface area contributed by atoms with Crippen LogP contribution in [0.3, 0.4) is 0 Å². The number of nitrogens with zero attached hydrogens (tertiary/aromatic N) is 1. The van der Waals surface area contributed by atoms with Crippen LogP contribution < -0.4 is 0 Å². The molecule has 120 valence electrons. The quantitative estimate of drug-likeness (QED) is 0.676. The van der Waals surface area contributed by atoms with Crippen molar-refractivity contribution in [1.82, 2.24) is 4.90 Å². The summed E-state index contributed by atoms with van der Waals surface area (Å²) in [7, 11) is 0. The summed E-state index contributed by atoms with van der Waals surface area (Å²) in [5.41, 5.74) is 5.74. The molecule has 4 heteroatoms. The van der Waals surface area contributed by atoms with Crippen LogP contribution in [0.1, 0.15) is 24.5 Å². The molecule has 1 aromatic rings. The van der Waals surface area contributed by atoms with Crippen molar-refractivity contribution in [3.63, 3.8) is 0 Å². The molecule has 0 bridgehead atoms. The summed E-state index contributed by atoms with van der Waals surface area (Å²) >= 11 is 3.85. The maximum Gasteiger partial charge on any atom is 0.167 e. The summed E-state index contributed by atoms with van der Waals surface area (Å²) in [4.78, 5) is 15.0. The monoisotopic (exact) mass is 351 g/mol. The maximum absolute atomic E-state index is 12.8. The lowest BCUT2D eigenvalue weighted by molar-refractivity contribution is -0.115. The van der Waals surface area contributed by atoms with Crippen LogP contribution in [0.25, 0.3) is 11.8 Å². The second kappa shape index (κ2) is 5.17. The Labute approximate surface area is 150 Å². The Bertz CT molecular complexity index is 879. The fraction of sp³-hybridized carbons (Fsp3) is 0.250. The number of thioether (sulfide) groups is 2. The van der Waals surface area contributed by atoms with Gasteiger partial charge in [-0.2, -0.15) is 0 Å². The first-order valence-electron chi connectivity index (χ1n) is 8.24. The largest absolute Gasteiger partial charge is 0.316 e. The van der Waals surface area contributed by atoms with Crippen molar-refractivity contribution >= 4 is 41.1 Å². The Balaban J connectivity index is 1.77. The number of allylic oxidation sites excluding steroid dienone is 2. The highest BCUT2D eigenvalue weighted by atomic mass is 32.2. The van der Waals surface area contributed by atoms with Crippen molar-refractivity contribution in [2.24, 2.45) is 0 Å². The molecular weight excluding hydrogens is 334 g/mol. The van der Waals surface area contributed by atoms with E-state index in [0.29, 0.717) is 11.7 Å². The van der Waals surface area contributed by atoms with Crippen molar-refractivity contribution in [2.75, 3.05) is 5.75 Å². The third-order valence-electron chi connectivity index (χ3n) is 4.86. The van der Waals surface area contributed by atoms with Crippen LogP contribution in [-0.2, 0) is 4.79 Å². The second-order valence-corrected chi connectivity index (χ2v) is 9.71. The molecule has 0 aromatic heterocycles. The van der Waals surface area contributed by atoms with Crippen molar-refractivity contribution in [2.45, 2.75) is 22.7 Å². The van der Waals surface area contributed by atoms with Gasteiger partial charge in [-0.05, 0) is 23.8 Å². The van der Waals surface area contributed by atoms with E-state index in [2.05, 4.69) is 60.5 Å². The van der Waals surface area contributed by atoms with Crippen molar-refractivity contribution in [3.05, 3.63) is 71.1 Å². The second-order valence-electron chi connectivity index (χ2n) is 6.50. The summed E-state index contributed by atoms with van der Waals surface area (Å²) in [6, 6.07) is 8.50. The third kappa shape index (κ3) is 1.96. The molecule has 3 aliphatic heterocycles. The Morgan fingerprint density at radius 3 is 2.96 bits per heavy atom. The zero-order chi connectivity index (χ0) is 16.3. The fourth-order valence-electron chi connectivity index (χ4n) is 3.84. The van der Waals surface area contributed by atoms with Crippen LogP contribution in [0, 0.1) is 0 Å². The van der Waals surface area contributed by atoms with E-state index >= 15 is 0 Å². The smallest absolute Gasteiger partial charge is 0.167 e. The van der Waals surface area contributed by atoms with Gasteiger partial charge in [0.1, 0.15) is 4.08 Å².